The second-order valence-electron chi connectivity index (χ2n) is 5.34. The molecule has 2 N–H and O–H groups in total. The van der Waals surface area contributed by atoms with Crippen molar-refractivity contribution in [2.24, 2.45) is 7.05 Å². The Hall–Kier alpha value is -3.36. The lowest BCUT2D eigenvalue weighted by Crippen LogP contribution is -2.19. The van der Waals surface area contributed by atoms with Crippen molar-refractivity contribution < 1.29 is 9.21 Å². The van der Waals surface area contributed by atoms with E-state index in [4.69, 9.17) is 4.42 Å². The highest BCUT2D eigenvalue weighted by atomic mass is 16.4. The molecule has 2 aromatic heterocycles. The van der Waals surface area contributed by atoms with Crippen LogP contribution >= 0.6 is 0 Å². The second kappa shape index (κ2) is 6.41. The number of rotatable bonds is 4. The molecule has 0 aliphatic carbocycles. The molecule has 2 heterocycles. The minimum Gasteiger partial charge on any atom is -0.403 e. The van der Waals surface area contributed by atoms with Gasteiger partial charge in [0.2, 0.25) is 5.89 Å². The number of hydrogen-bond donors (Lipinski definition) is 2. The first-order valence-electron chi connectivity index (χ1n) is 7.19. The molecule has 0 atom stereocenters. The maximum absolute atomic E-state index is 11.9. The number of anilines is 3. The average molecular weight is 327 g/mol. The van der Waals surface area contributed by atoms with Gasteiger partial charge in [-0.15, -0.1) is 5.10 Å². The molecule has 3 aromatic rings. The molecule has 0 radical (unpaired) electrons. The van der Waals surface area contributed by atoms with E-state index in [0.29, 0.717) is 23.3 Å². The summed E-state index contributed by atoms with van der Waals surface area (Å²) in [5.74, 6) is 0.421. The van der Waals surface area contributed by atoms with E-state index >= 15 is 0 Å². The average Bonchev–Trinajstić information content (AvgIpc) is 3.17. The summed E-state index contributed by atoms with van der Waals surface area (Å²) in [6.45, 7) is 0. The molecule has 0 bridgehead atoms. The molecule has 0 aliphatic rings. The maximum Gasteiger partial charge on any atom is 0.323 e. The fourth-order valence-corrected chi connectivity index (χ4v) is 1.99. The fraction of sp³-hybridized carbons (Fsp3) is 0.200. The Balaban J connectivity index is 1.64. The summed E-state index contributed by atoms with van der Waals surface area (Å²) in [7, 11) is 5.43. The third-order valence-corrected chi connectivity index (χ3v) is 3.15. The Bertz CT molecular complexity index is 836. The number of hydrogen-bond acceptors (Lipinski definition) is 6. The number of carbonyl (C=O) groups is 1. The van der Waals surface area contributed by atoms with Crippen molar-refractivity contribution in [3.05, 3.63) is 36.7 Å². The first-order valence-corrected chi connectivity index (χ1v) is 7.19. The number of carbonyl (C=O) groups excluding carboxylic acids is 1. The molecule has 0 saturated carbocycles. The maximum atomic E-state index is 11.9. The van der Waals surface area contributed by atoms with Crippen LogP contribution in [0.15, 0.2) is 41.1 Å². The van der Waals surface area contributed by atoms with E-state index < -0.39 is 0 Å². The molecule has 124 valence electrons. The normalized spacial score (nSPS) is 10.5. The van der Waals surface area contributed by atoms with Crippen molar-refractivity contribution in [1.82, 2.24) is 20.0 Å². The number of nitrogens with one attached hydrogen (secondary N) is 2. The summed E-state index contributed by atoms with van der Waals surface area (Å²) in [6, 6.07) is 7.21. The van der Waals surface area contributed by atoms with Crippen LogP contribution in [0, 0.1) is 0 Å². The SMILES string of the molecule is CN(C)c1nnc(-c2ccc(NC(=O)Nc3cnn(C)c3)cc2)o1. The van der Waals surface area contributed by atoms with Crippen LogP contribution in [0.4, 0.5) is 22.2 Å². The third-order valence-electron chi connectivity index (χ3n) is 3.15. The molecular formula is C15H17N7O2. The van der Waals surface area contributed by atoms with Gasteiger partial charge in [-0.3, -0.25) is 4.68 Å². The van der Waals surface area contributed by atoms with E-state index in [9.17, 15) is 4.79 Å². The predicted octanol–water partition coefficient (Wildman–Crippen LogP) is 2.18. The van der Waals surface area contributed by atoms with Crippen LogP contribution in [0.5, 0.6) is 0 Å². The standard InChI is InChI=1S/C15H17N7O2/c1-21(2)15-20-19-13(24-15)10-4-6-11(7-5-10)17-14(23)18-12-8-16-22(3)9-12/h4-9H,1-3H3,(H2,17,18,23). The van der Waals surface area contributed by atoms with Crippen molar-refractivity contribution in [2.75, 3.05) is 29.6 Å². The Labute approximate surface area is 138 Å². The molecule has 0 fully saturated rings. The summed E-state index contributed by atoms with van der Waals surface area (Å²) in [5.41, 5.74) is 2.04. The molecule has 1 aromatic carbocycles. The zero-order valence-corrected chi connectivity index (χ0v) is 13.5. The van der Waals surface area contributed by atoms with Gasteiger partial charge in [-0.05, 0) is 24.3 Å². The first kappa shape index (κ1) is 15.5. The molecule has 0 unspecified atom stereocenters. The lowest BCUT2D eigenvalue weighted by atomic mass is 10.2. The monoisotopic (exact) mass is 327 g/mol. The van der Waals surface area contributed by atoms with Gasteiger partial charge < -0.3 is 20.0 Å². The van der Waals surface area contributed by atoms with Crippen molar-refractivity contribution in [1.29, 1.82) is 0 Å². The van der Waals surface area contributed by atoms with Crippen LogP contribution in [0.2, 0.25) is 0 Å². The molecule has 9 nitrogen and oxygen atoms in total. The van der Waals surface area contributed by atoms with Crippen LogP contribution in [0.25, 0.3) is 11.5 Å². The van der Waals surface area contributed by atoms with Gasteiger partial charge in [0.05, 0.1) is 11.9 Å². The minimum absolute atomic E-state index is 0.344. The van der Waals surface area contributed by atoms with Gasteiger partial charge in [-0.25, -0.2) is 4.79 Å². The number of urea groups is 1. The van der Waals surface area contributed by atoms with Crippen molar-refractivity contribution >= 4 is 23.4 Å². The quantitative estimate of drug-likeness (QED) is 0.761. The van der Waals surface area contributed by atoms with E-state index in [0.717, 1.165) is 5.56 Å². The first-order chi connectivity index (χ1) is 11.5. The van der Waals surface area contributed by atoms with Crippen molar-refractivity contribution in [2.45, 2.75) is 0 Å². The van der Waals surface area contributed by atoms with E-state index in [2.05, 4.69) is 25.9 Å². The molecule has 24 heavy (non-hydrogen) atoms. The van der Waals surface area contributed by atoms with Gasteiger partial charge in [0.25, 0.3) is 0 Å². The second-order valence-corrected chi connectivity index (χ2v) is 5.34. The molecule has 9 heteroatoms. The number of aryl methyl sites for hydroxylation is 1. The van der Waals surface area contributed by atoms with Crippen LogP contribution in [0.1, 0.15) is 0 Å². The van der Waals surface area contributed by atoms with Gasteiger partial charge in [-0.2, -0.15) is 5.10 Å². The van der Waals surface area contributed by atoms with Gasteiger partial charge in [-0.1, -0.05) is 5.10 Å². The Morgan fingerprint density at radius 2 is 1.83 bits per heavy atom. The molecule has 0 spiro atoms. The van der Waals surface area contributed by atoms with Gasteiger partial charge in [0.15, 0.2) is 0 Å². The Morgan fingerprint density at radius 3 is 2.42 bits per heavy atom. The zero-order valence-electron chi connectivity index (χ0n) is 13.5. The highest BCUT2D eigenvalue weighted by molar-refractivity contribution is 5.99. The van der Waals surface area contributed by atoms with Gasteiger partial charge in [0, 0.05) is 38.6 Å². The third kappa shape index (κ3) is 3.51. The summed E-state index contributed by atoms with van der Waals surface area (Å²) in [6.07, 6.45) is 3.28. The summed E-state index contributed by atoms with van der Waals surface area (Å²) in [4.78, 5) is 13.7. The highest BCUT2D eigenvalue weighted by Gasteiger charge is 2.10. The van der Waals surface area contributed by atoms with E-state index in [-0.39, 0.29) is 6.03 Å². The molecular weight excluding hydrogens is 310 g/mol. The number of amides is 2. The number of benzene rings is 1. The Kier molecular flexibility index (Phi) is 4.15. The minimum atomic E-state index is -0.344. The predicted molar refractivity (Wildman–Crippen MR) is 89.9 cm³/mol. The molecule has 3 rings (SSSR count). The van der Waals surface area contributed by atoms with E-state index in [1.54, 1.807) is 53.3 Å². The lowest BCUT2D eigenvalue weighted by Gasteiger charge is -2.06. The largest absolute Gasteiger partial charge is 0.403 e. The molecule has 0 saturated heterocycles. The van der Waals surface area contributed by atoms with Crippen molar-refractivity contribution in [3.63, 3.8) is 0 Å². The topological polar surface area (TPSA) is 101 Å². The number of aromatic nitrogens is 4. The van der Waals surface area contributed by atoms with Crippen molar-refractivity contribution in [3.8, 4) is 11.5 Å². The van der Waals surface area contributed by atoms with Crippen LogP contribution in [-0.2, 0) is 7.05 Å². The highest BCUT2D eigenvalue weighted by Crippen LogP contribution is 2.22. The lowest BCUT2D eigenvalue weighted by molar-refractivity contribution is 0.262. The fourth-order valence-electron chi connectivity index (χ4n) is 1.99. The van der Waals surface area contributed by atoms with Gasteiger partial charge in [0.1, 0.15) is 0 Å². The Morgan fingerprint density at radius 1 is 1.12 bits per heavy atom. The summed E-state index contributed by atoms with van der Waals surface area (Å²) in [5, 5.41) is 17.3. The van der Waals surface area contributed by atoms with Crippen LogP contribution in [-0.4, -0.2) is 40.1 Å². The number of nitrogens with zero attached hydrogens (tertiary/aromatic N) is 5. The van der Waals surface area contributed by atoms with E-state index in [1.165, 1.54) is 0 Å². The molecule has 0 aliphatic heterocycles. The zero-order chi connectivity index (χ0) is 17.1. The van der Waals surface area contributed by atoms with Crippen LogP contribution < -0.4 is 15.5 Å². The van der Waals surface area contributed by atoms with Crippen LogP contribution in [0.3, 0.4) is 0 Å². The molecule has 2 amide bonds. The van der Waals surface area contributed by atoms with E-state index in [1.807, 2.05) is 14.1 Å². The summed E-state index contributed by atoms with van der Waals surface area (Å²) < 4.78 is 7.14. The smallest absolute Gasteiger partial charge is 0.323 e. The van der Waals surface area contributed by atoms with Gasteiger partial charge >= 0.3 is 12.0 Å². The summed E-state index contributed by atoms with van der Waals surface area (Å²) >= 11 is 0.